The molecular formula is C17H20N6S. The number of pyridine rings is 1. The lowest BCUT2D eigenvalue weighted by atomic mass is 10.3. The van der Waals surface area contributed by atoms with Crippen LogP contribution in [0.3, 0.4) is 0 Å². The molecule has 3 aromatic rings. The normalized spacial score (nSPS) is 11.5. The van der Waals surface area contributed by atoms with Crippen molar-refractivity contribution in [2.24, 2.45) is 4.99 Å². The van der Waals surface area contributed by atoms with Crippen LogP contribution >= 0.6 is 11.3 Å². The van der Waals surface area contributed by atoms with E-state index in [2.05, 4.69) is 43.1 Å². The lowest BCUT2D eigenvalue weighted by Gasteiger charge is -2.11. The number of rotatable bonds is 6. The third-order valence-corrected chi connectivity index (χ3v) is 4.44. The van der Waals surface area contributed by atoms with Crippen molar-refractivity contribution in [2.75, 3.05) is 13.6 Å². The first kappa shape index (κ1) is 16.2. The number of imidazole rings is 1. The van der Waals surface area contributed by atoms with E-state index in [4.69, 9.17) is 0 Å². The van der Waals surface area contributed by atoms with Crippen LogP contribution in [0.2, 0.25) is 0 Å². The van der Waals surface area contributed by atoms with Gasteiger partial charge in [0.1, 0.15) is 12.1 Å². The minimum Gasteiger partial charge on any atom is -0.356 e. The highest BCUT2D eigenvalue weighted by molar-refractivity contribution is 7.09. The van der Waals surface area contributed by atoms with Gasteiger partial charge in [0, 0.05) is 43.6 Å². The van der Waals surface area contributed by atoms with Crippen molar-refractivity contribution in [1.29, 1.82) is 0 Å². The Hall–Kier alpha value is -2.67. The molecule has 3 aromatic heterocycles. The lowest BCUT2D eigenvalue weighted by Crippen LogP contribution is -2.37. The van der Waals surface area contributed by atoms with Gasteiger partial charge in [-0.1, -0.05) is 12.1 Å². The highest BCUT2D eigenvalue weighted by Gasteiger charge is 2.01. The van der Waals surface area contributed by atoms with Crippen molar-refractivity contribution >= 4 is 17.3 Å². The summed E-state index contributed by atoms with van der Waals surface area (Å²) in [7, 11) is 1.78. The number of hydrogen-bond acceptors (Lipinski definition) is 4. The van der Waals surface area contributed by atoms with Crippen LogP contribution in [0.25, 0.3) is 5.82 Å². The molecule has 6 nitrogen and oxygen atoms in total. The van der Waals surface area contributed by atoms with E-state index in [1.54, 1.807) is 30.9 Å². The Morgan fingerprint density at radius 2 is 2.25 bits per heavy atom. The molecule has 7 heteroatoms. The molecule has 0 spiro atoms. The second-order valence-electron chi connectivity index (χ2n) is 5.18. The van der Waals surface area contributed by atoms with E-state index in [1.165, 1.54) is 4.88 Å². The largest absolute Gasteiger partial charge is 0.356 e. The van der Waals surface area contributed by atoms with Crippen LogP contribution in [0.1, 0.15) is 10.4 Å². The number of nitrogens with one attached hydrogen (secondary N) is 2. The zero-order chi connectivity index (χ0) is 16.6. The first-order valence-corrected chi connectivity index (χ1v) is 8.63. The Bertz CT molecular complexity index is 747. The molecule has 0 bridgehead atoms. The highest BCUT2D eigenvalue weighted by Crippen LogP contribution is 2.08. The molecule has 3 heterocycles. The molecule has 0 amide bonds. The molecule has 0 aliphatic rings. The number of hydrogen-bond donors (Lipinski definition) is 2. The van der Waals surface area contributed by atoms with Gasteiger partial charge in [0.15, 0.2) is 5.96 Å². The van der Waals surface area contributed by atoms with Gasteiger partial charge in [-0.2, -0.15) is 0 Å². The van der Waals surface area contributed by atoms with E-state index in [1.807, 2.05) is 29.1 Å². The van der Waals surface area contributed by atoms with Crippen molar-refractivity contribution in [3.63, 3.8) is 0 Å². The van der Waals surface area contributed by atoms with Crippen LogP contribution in [0.5, 0.6) is 0 Å². The van der Waals surface area contributed by atoms with Crippen LogP contribution in [-0.4, -0.2) is 34.1 Å². The molecule has 0 saturated heterocycles. The fourth-order valence-electron chi connectivity index (χ4n) is 2.23. The summed E-state index contributed by atoms with van der Waals surface area (Å²) in [5, 5.41) is 8.73. The molecule has 2 N–H and O–H groups in total. The predicted molar refractivity (Wildman–Crippen MR) is 97.6 cm³/mol. The number of nitrogens with zero attached hydrogens (tertiary/aromatic N) is 4. The van der Waals surface area contributed by atoms with Gasteiger partial charge in [-0.15, -0.1) is 11.3 Å². The van der Waals surface area contributed by atoms with E-state index in [9.17, 15) is 0 Å². The summed E-state index contributed by atoms with van der Waals surface area (Å²) >= 11 is 1.78. The van der Waals surface area contributed by atoms with Crippen molar-refractivity contribution in [2.45, 2.75) is 13.0 Å². The van der Waals surface area contributed by atoms with E-state index in [0.717, 1.165) is 30.3 Å². The van der Waals surface area contributed by atoms with Gasteiger partial charge in [0.25, 0.3) is 0 Å². The molecule has 3 rings (SSSR count). The van der Waals surface area contributed by atoms with Gasteiger partial charge in [0.2, 0.25) is 0 Å². The van der Waals surface area contributed by atoms with Crippen molar-refractivity contribution in [3.8, 4) is 5.82 Å². The predicted octanol–water partition coefficient (Wildman–Crippen LogP) is 2.24. The second-order valence-corrected chi connectivity index (χ2v) is 6.21. The Morgan fingerprint density at radius 1 is 1.29 bits per heavy atom. The first-order chi connectivity index (χ1) is 11.8. The van der Waals surface area contributed by atoms with Gasteiger partial charge in [-0.25, -0.2) is 9.97 Å². The molecule has 0 saturated carbocycles. The zero-order valence-corrected chi connectivity index (χ0v) is 14.3. The van der Waals surface area contributed by atoms with Gasteiger partial charge in [0.05, 0.1) is 0 Å². The van der Waals surface area contributed by atoms with Crippen LogP contribution in [0.4, 0.5) is 0 Å². The Kier molecular flexibility index (Phi) is 5.57. The molecule has 124 valence electrons. The second kappa shape index (κ2) is 8.26. The van der Waals surface area contributed by atoms with E-state index in [0.29, 0.717) is 6.54 Å². The molecule has 0 atom stereocenters. The molecule has 0 unspecified atom stereocenters. The minimum absolute atomic E-state index is 0.676. The maximum Gasteiger partial charge on any atom is 0.191 e. The SMILES string of the molecule is CN=C(NCCc1cccs1)NCc1ccc(-n2ccnc2)nc1. The average Bonchev–Trinajstić information content (AvgIpc) is 3.32. The molecular weight excluding hydrogens is 320 g/mol. The summed E-state index contributed by atoms with van der Waals surface area (Å²) in [6, 6.07) is 8.25. The third kappa shape index (κ3) is 4.42. The van der Waals surface area contributed by atoms with E-state index in [-0.39, 0.29) is 0 Å². The molecule has 0 aliphatic carbocycles. The third-order valence-electron chi connectivity index (χ3n) is 3.51. The summed E-state index contributed by atoms with van der Waals surface area (Å²) in [4.78, 5) is 14.1. The van der Waals surface area contributed by atoms with Crippen molar-refractivity contribution < 1.29 is 0 Å². The van der Waals surface area contributed by atoms with Crippen LogP contribution < -0.4 is 10.6 Å². The number of aromatic nitrogens is 3. The van der Waals surface area contributed by atoms with Gasteiger partial charge >= 0.3 is 0 Å². The maximum absolute atomic E-state index is 4.44. The monoisotopic (exact) mass is 340 g/mol. The smallest absolute Gasteiger partial charge is 0.191 e. The van der Waals surface area contributed by atoms with Crippen molar-refractivity contribution in [3.05, 3.63) is 65.0 Å². The zero-order valence-electron chi connectivity index (χ0n) is 13.5. The quantitative estimate of drug-likeness (QED) is 0.533. The molecule has 24 heavy (non-hydrogen) atoms. The van der Waals surface area contributed by atoms with Crippen LogP contribution in [0, 0.1) is 0 Å². The van der Waals surface area contributed by atoms with Crippen molar-refractivity contribution in [1.82, 2.24) is 25.2 Å². The van der Waals surface area contributed by atoms with Crippen LogP contribution in [0.15, 0.2) is 59.6 Å². The molecule has 0 aliphatic heterocycles. The minimum atomic E-state index is 0.676. The molecule has 0 radical (unpaired) electrons. The summed E-state index contributed by atoms with van der Waals surface area (Å²) in [6.45, 7) is 1.54. The fourth-order valence-corrected chi connectivity index (χ4v) is 2.94. The Labute approximate surface area is 145 Å². The Morgan fingerprint density at radius 3 is 2.92 bits per heavy atom. The van der Waals surface area contributed by atoms with Gasteiger partial charge in [-0.3, -0.25) is 9.56 Å². The van der Waals surface area contributed by atoms with E-state index < -0.39 is 0 Å². The fraction of sp³-hybridized carbons (Fsp3) is 0.235. The Balaban J connectivity index is 1.46. The number of guanidine groups is 1. The number of thiophene rings is 1. The van der Waals surface area contributed by atoms with E-state index >= 15 is 0 Å². The summed E-state index contributed by atoms with van der Waals surface area (Å²) < 4.78 is 1.88. The molecule has 0 aromatic carbocycles. The first-order valence-electron chi connectivity index (χ1n) is 7.75. The summed E-state index contributed by atoms with van der Waals surface area (Å²) in [5.74, 6) is 1.65. The lowest BCUT2D eigenvalue weighted by molar-refractivity contribution is 0.796. The summed E-state index contributed by atoms with van der Waals surface area (Å²) in [6.07, 6.45) is 8.21. The number of aliphatic imine (C=N–C) groups is 1. The average molecular weight is 340 g/mol. The standard InChI is InChI=1S/C17H20N6S/c1-18-17(20-7-6-15-3-2-10-24-15)22-12-14-4-5-16(21-11-14)23-9-8-19-13-23/h2-5,8-11,13H,6-7,12H2,1H3,(H2,18,20,22). The summed E-state index contributed by atoms with van der Waals surface area (Å²) in [5.41, 5.74) is 1.10. The van der Waals surface area contributed by atoms with Gasteiger partial charge in [-0.05, 0) is 29.5 Å². The topological polar surface area (TPSA) is 67.1 Å². The highest BCUT2D eigenvalue weighted by atomic mass is 32.1. The molecule has 0 fully saturated rings. The van der Waals surface area contributed by atoms with Crippen LogP contribution in [-0.2, 0) is 13.0 Å². The van der Waals surface area contributed by atoms with Gasteiger partial charge < -0.3 is 10.6 Å². The maximum atomic E-state index is 4.44.